The lowest BCUT2D eigenvalue weighted by Gasteiger charge is -2.08. The molecule has 0 amide bonds. The van der Waals surface area contributed by atoms with E-state index in [4.69, 9.17) is 21.8 Å². The minimum atomic E-state index is -3.87. The van der Waals surface area contributed by atoms with E-state index in [1.807, 2.05) is 0 Å². The summed E-state index contributed by atoms with van der Waals surface area (Å²) in [5.74, 6) is 0.249. The second-order valence-corrected chi connectivity index (χ2v) is 5.94. The average molecular weight is 303 g/mol. The number of nitrogens with zero attached hydrogens (tertiary/aromatic N) is 2. The van der Waals surface area contributed by atoms with Gasteiger partial charge in [-0.1, -0.05) is 16.7 Å². The number of hydrogen-bond donors (Lipinski definition) is 2. The van der Waals surface area contributed by atoms with Crippen LogP contribution in [0.1, 0.15) is 11.5 Å². The van der Waals surface area contributed by atoms with Gasteiger partial charge < -0.3 is 10.2 Å². The number of nitrogen functional groups attached to an aromatic ring is 1. The van der Waals surface area contributed by atoms with E-state index in [1.54, 1.807) is 13.8 Å². The van der Waals surface area contributed by atoms with Crippen molar-refractivity contribution in [2.24, 2.45) is 0 Å². The van der Waals surface area contributed by atoms with Crippen LogP contribution in [0.3, 0.4) is 0 Å². The Hall–Kier alpha value is -1.80. The zero-order valence-electron chi connectivity index (χ0n) is 10.1. The first-order valence-corrected chi connectivity index (χ1v) is 7.04. The van der Waals surface area contributed by atoms with E-state index in [2.05, 4.69) is 14.9 Å². The first-order chi connectivity index (χ1) is 8.79. The zero-order valence-corrected chi connectivity index (χ0v) is 11.7. The van der Waals surface area contributed by atoms with Gasteiger partial charge in [-0.3, -0.25) is 0 Å². The topological polar surface area (TPSA) is 111 Å². The number of halogens is 1. The molecular weight excluding hydrogens is 292 g/mol. The maximum Gasteiger partial charge on any atom is 0.329 e. The Kier molecular flexibility index (Phi) is 3.38. The highest BCUT2D eigenvalue weighted by molar-refractivity contribution is 7.92. The van der Waals surface area contributed by atoms with Crippen molar-refractivity contribution in [3.63, 3.8) is 0 Å². The van der Waals surface area contributed by atoms with E-state index in [0.29, 0.717) is 5.56 Å². The van der Waals surface area contributed by atoms with Crippen molar-refractivity contribution in [1.82, 2.24) is 10.2 Å². The number of sulfonamides is 1. The Labute approximate surface area is 114 Å². The quantitative estimate of drug-likeness (QED) is 0.835. The fraction of sp³-hybridized carbons (Fsp3) is 0.200. The molecule has 0 bridgehead atoms. The van der Waals surface area contributed by atoms with Gasteiger partial charge in [0.2, 0.25) is 5.89 Å². The Balaban J connectivity index is 2.40. The number of rotatable bonds is 3. The Morgan fingerprint density at radius 3 is 2.53 bits per heavy atom. The Morgan fingerprint density at radius 1 is 1.32 bits per heavy atom. The summed E-state index contributed by atoms with van der Waals surface area (Å²) >= 11 is 5.91. The van der Waals surface area contributed by atoms with Gasteiger partial charge in [0.05, 0.1) is 4.90 Å². The van der Waals surface area contributed by atoms with E-state index in [0.717, 1.165) is 0 Å². The normalized spacial score (nSPS) is 11.5. The summed E-state index contributed by atoms with van der Waals surface area (Å²) in [6.45, 7) is 3.24. The van der Waals surface area contributed by atoms with Crippen molar-refractivity contribution in [2.75, 3.05) is 10.5 Å². The number of hydrogen-bond acceptors (Lipinski definition) is 6. The van der Waals surface area contributed by atoms with Crippen LogP contribution in [0.25, 0.3) is 0 Å². The van der Waals surface area contributed by atoms with E-state index in [-0.39, 0.29) is 27.5 Å². The second kappa shape index (κ2) is 4.71. The summed E-state index contributed by atoms with van der Waals surface area (Å²) in [7, 11) is -3.87. The van der Waals surface area contributed by atoms with Crippen LogP contribution in [-0.2, 0) is 10.0 Å². The molecule has 0 unspecified atom stereocenters. The molecule has 1 aromatic carbocycles. The third-order valence-corrected chi connectivity index (χ3v) is 4.11. The van der Waals surface area contributed by atoms with E-state index < -0.39 is 10.0 Å². The van der Waals surface area contributed by atoms with Crippen molar-refractivity contribution < 1.29 is 12.8 Å². The summed E-state index contributed by atoms with van der Waals surface area (Å²) in [6, 6.07) is 2.40. The Bertz CT molecular complexity index is 703. The summed E-state index contributed by atoms with van der Waals surface area (Å²) in [4.78, 5) is -0.0727. The highest BCUT2D eigenvalue weighted by Crippen LogP contribution is 2.26. The highest BCUT2D eigenvalue weighted by atomic mass is 35.5. The molecule has 1 aromatic heterocycles. The van der Waals surface area contributed by atoms with Gasteiger partial charge in [0.15, 0.2) is 0 Å². The standard InChI is InChI=1S/C10H11ClN4O3S/c1-5-8(11)3-7(4-9(5)12)19(16,17)15-10-14-13-6(2)18-10/h3-4H,12H2,1-2H3,(H,14,15). The minimum absolute atomic E-state index is 0.0727. The molecule has 2 aromatic rings. The van der Waals surface area contributed by atoms with Gasteiger partial charge in [0, 0.05) is 17.6 Å². The lowest BCUT2D eigenvalue weighted by atomic mass is 10.2. The molecule has 0 saturated heterocycles. The average Bonchev–Trinajstić information content (AvgIpc) is 2.70. The van der Waals surface area contributed by atoms with Crippen LogP contribution < -0.4 is 10.5 Å². The molecule has 19 heavy (non-hydrogen) atoms. The molecule has 0 aliphatic rings. The van der Waals surface area contributed by atoms with Crippen LogP contribution in [0.2, 0.25) is 5.02 Å². The molecule has 0 atom stereocenters. The largest absolute Gasteiger partial charge is 0.408 e. The molecule has 0 radical (unpaired) electrons. The van der Waals surface area contributed by atoms with Crippen LogP contribution >= 0.6 is 11.6 Å². The number of benzene rings is 1. The smallest absolute Gasteiger partial charge is 0.329 e. The first-order valence-electron chi connectivity index (χ1n) is 5.18. The van der Waals surface area contributed by atoms with Gasteiger partial charge in [-0.05, 0) is 24.6 Å². The van der Waals surface area contributed by atoms with E-state index in [1.165, 1.54) is 12.1 Å². The maximum absolute atomic E-state index is 12.1. The molecule has 0 fully saturated rings. The summed E-state index contributed by atoms with van der Waals surface area (Å²) in [5.41, 5.74) is 6.59. The number of anilines is 2. The van der Waals surface area contributed by atoms with E-state index >= 15 is 0 Å². The van der Waals surface area contributed by atoms with Crippen LogP contribution in [0.4, 0.5) is 11.7 Å². The van der Waals surface area contributed by atoms with Gasteiger partial charge in [-0.15, -0.1) is 5.10 Å². The molecule has 0 aliphatic heterocycles. The predicted octanol–water partition coefficient (Wildman–Crippen LogP) is 1.72. The van der Waals surface area contributed by atoms with Gasteiger partial charge in [0.1, 0.15) is 0 Å². The summed E-state index contributed by atoms with van der Waals surface area (Å²) in [6.07, 6.45) is 0. The van der Waals surface area contributed by atoms with Crippen molar-refractivity contribution >= 4 is 33.3 Å². The van der Waals surface area contributed by atoms with Gasteiger partial charge >= 0.3 is 6.01 Å². The highest BCUT2D eigenvalue weighted by Gasteiger charge is 2.19. The number of nitrogens with one attached hydrogen (secondary N) is 1. The molecule has 1 heterocycles. The third kappa shape index (κ3) is 2.79. The Morgan fingerprint density at radius 2 is 2.00 bits per heavy atom. The van der Waals surface area contributed by atoms with Gasteiger partial charge in [0.25, 0.3) is 10.0 Å². The molecule has 7 nitrogen and oxygen atoms in total. The molecule has 2 rings (SSSR count). The predicted molar refractivity (Wildman–Crippen MR) is 70.4 cm³/mol. The number of aromatic nitrogens is 2. The molecule has 0 aliphatic carbocycles. The van der Waals surface area contributed by atoms with Crippen molar-refractivity contribution in [3.8, 4) is 0 Å². The molecule has 0 saturated carbocycles. The van der Waals surface area contributed by atoms with Crippen LogP contribution in [0.15, 0.2) is 21.4 Å². The molecule has 102 valence electrons. The lowest BCUT2D eigenvalue weighted by molar-refractivity contribution is 0.534. The van der Waals surface area contributed by atoms with Crippen molar-refractivity contribution in [3.05, 3.63) is 28.6 Å². The van der Waals surface area contributed by atoms with Crippen molar-refractivity contribution in [2.45, 2.75) is 18.7 Å². The summed E-state index contributed by atoms with van der Waals surface area (Å²) < 4.78 is 31.2. The van der Waals surface area contributed by atoms with Crippen LogP contribution in [0, 0.1) is 13.8 Å². The maximum atomic E-state index is 12.1. The van der Waals surface area contributed by atoms with Gasteiger partial charge in [-0.25, -0.2) is 13.1 Å². The monoisotopic (exact) mass is 302 g/mol. The van der Waals surface area contributed by atoms with E-state index in [9.17, 15) is 8.42 Å². The fourth-order valence-electron chi connectivity index (χ4n) is 1.34. The van der Waals surface area contributed by atoms with Crippen LogP contribution in [-0.4, -0.2) is 18.6 Å². The zero-order chi connectivity index (χ0) is 14.2. The minimum Gasteiger partial charge on any atom is -0.408 e. The molecule has 0 spiro atoms. The lowest BCUT2D eigenvalue weighted by Crippen LogP contribution is -2.14. The fourth-order valence-corrected chi connectivity index (χ4v) is 2.62. The number of nitrogens with two attached hydrogens (primary N) is 1. The first kappa shape index (κ1) is 13.6. The van der Waals surface area contributed by atoms with Crippen molar-refractivity contribution in [1.29, 1.82) is 0 Å². The second-order valence-electron chi connectivity index (χ2n) is 3.85. The third-order valence-electron chi connectivity index (χ3n) is 2.42. The SMILES string of the molecule is Cc1nnc(NS(=O)(=O)c2cc(N)c(C)c(Cl)c2)o1. The molecular formula is C10H11ClN4O3S. The molecule has 3 N–H and O–H groups in total. The van der Waals surface area contributed by atoms with Gasteiger partial charge in [-0.2, -0.15) is 0 Å². The number of aryl methyl sites for hydroxylation is 1. The summed E-state index contributed by atoms with van der Waals surface area (Å²) in [5, 5.41) is 7.33. The molecule has 9 heteroatoms. The van der Waals surface area contributed by atoms with Crippen LogP contribution in [0.5, 0.6) is 0 Å².